The van der Waals surface area contributed by atoms with Gasteiger partial charge in [-0.25, -0.2) is 4.39 Å². The molecular weight excluding hydrogens is 291 g/mol. The van der Waals surface area contributed by atoms with Crippen LogP contribution < -0.4 is 0 Å². The maximum absolute atomic E-state index is 13.0. The van der Waals surface area contributed by atoms with Crippen molar-refractivity contribution in [2.75, 3.05) is 11.5 Å². The number of hydrogen-bond donors (Lipinski definition) is 1. The van der Waals surface area contributed by atoms with Gasteiger partial charge in [0.25, 0.3) is 0 Å². The van der Waals surface area contributed by atoms with Gasteiger partial charge in [-0.3, -0.25) is 0 Å². The summed E-state index contributed by atoms with van der Waals surface area (Å²) in [6.07, 6.45) is -0.470. The highest BCUT2D eigenvalue weighted by Crippen LogP contribution is 2.33. The van der Waals surface area contributed by atoms with Crippen molar-refractivity contribution >= 4 is 23.4 Å². The number of aromatic nitrogens is 2. The molecule has 0 radical (unpaired) electrons. The van der Waals surface area contributed by atoms with Crippen LogP contribution in [0, 0.1) is 5.82 Å². The Morgan fingerprint density at radius 3 is 2.95 bits per heavy atom. The summed E-state index contributed by atoms with van der Waals surface area (Å²) in [5.74, 6) is 1.56. The largest absolute Gasteiger partial charge is 0.391 e. The first-order chi connectivity index (χ1) is 9.15. The number of hydrogen-bond acceptors (Lipinski definition) is 5. The molecule has 7 heteroatoms. The van der Waals surface area contributed by atoms with Gasteiger partial charge in [-0.2, -0.15) is 16.7 Å². The lowest BCUT2D eigenvalue weighted by atomic mass is 10.1. The fourth-order valence-electron chi connectivity index (χ4n) is 1.94. The first kappa shape index (κ1) is 12.9. The summed E-state index contributed by atoms with van der Waals surface area (Å²) in [6, 6.07) is 4.00. The summed E-state index contributed by atoms with van der Waals surface area (Å²) in [5, 5.41) is 13.9. The van der Waals surface area contributed by atoms with Crippen LogP contribution in [0.5, 0.6) is 0 Å². The average Bonchev–Trinajstić information content (AvgIpc) is 2.97. The lowest BCUT2D eigenvalue weighted by Crippen LogP contribution is -2.15. The van der Waals surface area contributed by atoms with Crippen LogP contribution >= 0.6 is 23.4 Å². The van der Waals surface area contributed by atoms with Crippen molar-refractivity contribution in [1.82, 2.24) is 10.1 Å². The monoisotopic (exact) mass is 300 g/mol. The van der Waals surface area contributed by atoms with E-state index in [9.17, 15) is 9.50 Å². The van der Waals surface area contributed by atoms with Crippen LogP contribution in [0.3, 0.4) is 0 Å². The number of nitrogens with zero attached hydrogens (tertiary/aromatic N) is 2. The molecule has 0 spiro atoms. The summed E-state index contributed by atoms with van der Waals surface area (Å²) in [5.41, 5.74) is 0.512. The molecule has 100 valence electrons. The van der Waals surface area contributed by atoms with Crippen molar-refractivity contribution in [3.05, 3.63) is 34.9 Å². The van der Waals surface area contributed by atoms with E-state index in [0.717, 1.165) is 5.75 Å². The standard InChI is InChI=1S/C12H10ClFN2O2S/c13-9-3-6(14)1-2-7(9)11-15-12(18-16-11)8-4-19-5-10(8)17/h1-3,8,10,17H,4-5H2. The lowest BCUT2D eigenvalue weighted by molar-refractivity contribution is 0.164. The zero-order valence-corrected chi connectivity index (χ0v) is 11.3. The van der Waals surface area contributed by atoms with Gasteiger partial charge in [0, 0.05) is 17.1 Å². The maximum Gasteiger partial charge on any atom is 0.233 e. The van der Waals surface area contributed by atoms with E-state index in [1.54, 1.807) is 11.8 Å². The van der Waals surface area contributed by atoms with Crippen molar-refractivity contribution in [3.8, 4) is 11.4 Å². The number of thioether (sulfide) groups is 1. The fraction of sp³-hybridized carbons (Fsp3) is 0.333. The van der Waals surface area contributed by atoms with E-state index in [1.807, 2.05) is 0 Å². The minimum absolute atomic E-state index is 0.148. The first-order valence-electron chi connectivity index (χ1n) is 5.70. The number of benzene rings is 1. The zero-order chi connectivity index (χ0) is 13.4. The summed E-state index contributed by atoms with van der Waals surface area (Å²) < 4.78 is 18.2. The molecule has 0 amide bonds. The zero-order valence-electron chi connectivity index (χ0n) is 9.72. The van der Waals surface area contributed by atoms with Gasteiger partial charge in [-0.1, -0.05) is 16.8 Å². The molecule has 1 aromatic heterocycles. The van der Waals surface area contributed by atoms with Crippen molar-refractivity contribution in [1.29, 1.82) is 0 Å². The molecule has 1 fully saturated rings. The SMILES string of the molecule is OC1CSCC1c1nc(-c2ccc(F)cc2Cl)no1. The normalized spacial score (nSPS) is 22.9. The second-order valence-electron chi connectivity index (χ2n) is 4.29. The van der Waals surface area contributed by atoms with Crippen molar-refractivity contribution in [3.63, 3.8) is 0 Å². The van der Waals surface area contributed by atoms with Gasteiger partial charge < -0.3 is 9.63 Å². The molecule has 0 bridgehead atoms. The first-order valence-corrected chi connectivity index (χ1v) is 7.23. The highest BCUT2D eigenvalue weighted by molar-refractivity contribution is 7.99. The maximum atomic E-state index is 13.0. The molecule has 1 aliphatic heterocycles. The number of rotatable bonds is 2. The van der Waals surface area contributed by atoms with Crippen LogP contribution in [0.4, 0.5) is 4.39 Å². The molecule has 1 N–H and O–H groups in total. The third-order valence-corrected chi connectivity index (χ3v) is 4.47. The van der Waals surface area contributed by atoms with E-state index in [4.69, 9.17) is 16.1 Å². The third kappa shape index (κ3) is 2.48. The number of aliphatic hydroxyl groups excluding tert-OH is 1. The summed E-state index contributed by atoms with van der Waals surface area (Å²) in [7, 11) is 0. The predicted molar refractivity (Wildman–Crippen MR) is 70.8 cm³/mol. The van der Waals surface area contributed by atoms with Gasteiger partial charge >= 0.3 is 0 Å². The van der Waals surface area contributed by atoms with Gasteiger partial charge in [0.15, 0.2) is 0 Å². The van der Waals surface area contributed by atoms with E-state index in [1.165, 1.54) is 18.2 Å². The Morgan fingerprint density at radius 1 is 1.42 bits per heavy atom. The average molecular weight is 301 g/mol. The summed E-state index contributed by atoms with van der Waals surface area (Å²) in [6.45, 7) is 0. The van der Waals surface area contributed by atoms with E-state index < -0.39 is 11.9 Å². The Hall–Kier alpha value is -1.11. The van der Waals surface area contributed by atoms with E-state index >= 15 is 0 Å². The van der Waals surface area contributed by atoms with Gasteiger partial charge in [0.2, 0.25) is 11.7 Å². The molecular formula is C12H10ClFN2O2S. The van der Waals surface area contributed by atoms with Crippen LogP contribution in [0.1, 0.15) is 11.8 Å². The van der Waals surface area contributed by atoms with E-state index in [0.29, 0.717) is 23.0 Å². The highest BCUT2D eigenvalue weighted by Gasteiger charge is 2.32. The van der Waals surface area contributed by atoms with Gasteiger partial charge in [-0.05, 0) is 18.2 Å². The van der Waals surface area contributed by atoms with Crippen LogP contribution in [0.15, 0.2) is 22.7 Å². The Balaban J connectivity index is 1.92. The second-order valence-corrected chi connectivity index (χ2v) is 5.77. The van der Waals surface area contributed by atoms with Crippen LogP contribution in [0.2, 0.25) is 5.02 Å². The number of halogens is 2. The van der Waals surface area contributed by atoms with Gasteiger partial charge in [0.05, 0.1) is 17.0 Å². The minimum atomic E-state index is -0.470. The lowest BCUT2D eigenvalue weighted by Gasteiger charge is -2.06. The molecule has 0 aliphatic carbocycles. The molecule has 1 aliphatic rings. The molecule has 2 heterocycles. The molecule has 1 aromatic carbocycles. The Morgan fingerprint density at radius 2 is 2.26 bits per heavy atom. The van der Waals surface area contributed by atoms with Crippen LogP contribution in [-0.2, 0) is 0 Å². The molecule has 0 saturated carbocycles. The quantitative estimate of drug-likeness (QED) is 0.924. The topological polar surface area (TPSA) is 59.2 Å². The molecule has 4 nitrogen and oxygen atoms in total. The second kappa shape index (κ2) is 5.11. The predicted octanol–water partition coefficient (Wildman–Crippen LogP) is 2.72. The van der Waals surface area contributed by atoms with E-state index in [2.05, 4.69) is 10.1 Å². The molecule has 2 aromatic rings. The highest BCUT2D eigenvalue weighted by atomic mass is 35.5. The molecule has 2 atom stereocenters. The molecule has 2 unspecified atom stereocenters. The van der Waals surface area contributed by atoms with Gasteiger partial charge in [-0.15, -0.1) is 0 Å². The Bertz CT molecular complexity index is 607. The van der Waals surface area contributed by atoms with Crippen LogP contribution in [0.25, 0.3) is 11.4 Å². The van der Waals surface area contributed by atoms with Gasteiger partial charge in [0.1, 0.15) is 5.82 Å². The van der Waals surface area contributed by atoms with Crippen molar-refractivity contribution in [2.24, 2.45) is 0 Å². The van der Waals surface area contributed by atoms with Crippen molar-refractivity contribution < 1.29 is 14.0 Å². The van der Waals surface area contributed by atoms with Crippen molar-refractivity contribution in [2.45, 2.75) is 12.0 Å². The summed E-state index contributed by atoms with van der Waals surface area (Å²) >= 11 is 7.59. The molecule has 19 heavy (non-hydrogen) atoms. The third-order valence-electron chi connectivity index (χ3n) is 2.98. The summed E-state index contributed by atoms with van der Waals surface area (Å²) in [4.78, 5) is 4.25. The van der Waals surface area contributed by atoms with E-state index in [-0.39, 0.29) is 10.9 Å². The molecule has 3 rings (SSSR count). The molecule has 1 saturated heterocycles. The fourth-order valence-corrected chi connectivity index (χ4v) is 3.43. The minimum Gasteiger partial charge on any atom is -0.391 e. The Labute approximate surface area is 118 Å². The van der Waals surface area contributed by atoms with Crippen LogP contribution in [-0.4, -0.2) is 32.9 Å². The number of aliphatic hydroxyl groups is 1. The Kier molecular flexibility index (Phi) is 3.47. The smallest absolute Gasteiger partial charge is 0.233 e.